The molecule has 3 fully saturated rings. The highest BCUT2D eigenvalue weighted by atomic mass is 14.5. The Morgan fingerprint density at radius 1 is 0.500 bits per heavy atom. The van der Waals surface area contributed by atoms with Crippen LogP contribution in [0.2, 0.25) is 0 Å². The Kier molecular flexibility index (Phi) is 1.70. The first-order valence-electron chi connectivity index (χ1n) is 5.95. The van der Waals surface area contributed by atoms with E-state index in [0.29, 0.717) is 0 Å². The van der Waals surface area contributed by atoms with E-state index in [1.54, 1.807) is 51.4 Å². The molecular weight excluding hydrogens is 144 g/mol. The lowest BCUT2D eigenvalue weighted by Crippen LogP contribution is -2.41. The predicted octanol–water partition coefficient (Wildman–Crippen LogP) is 3.61. The van der Waals surface area contributed by atoms with E-state index in [1.807, 2.05) is 0 Å². The molecule has 0 aromatic heterocycles. The van der Waals surface area contributed by atoms with Gasteiger partial charge in [0.1, 0.15) is 0 Å². The number of rotatable bonds is 2. The van der Waals surface area contributed by atoms with Crippen molar-refractivity contribution < 1.29 is 0 Å². The molecule has 12 heavy (non-hydrogen) atoms. The fraction of sp³-hybridized carbons (Fsp3) is 1.00. The Morgan fingerprint density at radius 3 is 1.08 bits per heavy atom. The van der Waals surface area contributed by atoms with Gasteiger partial charge in [0.05, 0.1) is 0 Å². The first kappa shape index (κ1) is 7.41. The third-order valence-electron chi connectivity index (χ3n) is 4.89. The van der Waals surface area contributed by atoms with Crippen molar-refractivity contribution in [3.8, 4) is 0 Å². The molecule has 0 spiro atoms. The first-order valence-corrected chi connectivity index (χ1v) is 5.95. The summed E-state index contributed by atoms with van der Waals surface area (Å²) < 4.78 is 0. The summed E-state index contributed by atoms with van der Waals surface area (Å²) in [7, 11) is 0. The van der Waals surface area contributed by atoms with Gasteiger partial charge in [0, 0.05) is 0 Å². The van der Waals surface area contributed by atoms with E-state index in [-0.39, 0.29) is 0 Å². The Labute approximate surface area is 75.7 Å². The van der Waals surface area contributed by atoms with Gasteiger partial charge in [-0.15, -0.1) is 0 Å². The van der Waals surface area contributed by atoms with Gasteiger partial charge < -0.3 is 0 Å². The van der Waals surface area contributed by atoms with Gasteiger partial charge in [-0.1, -0.05) is 38.5 Å². The molecule has 0 heteroatoms. The Balaban J connectivity index is 1.57. The van der Waals surface area contributed by atoms with Crippen LogP contribution in [-0.4, -0.2) is 0 Å². The van der Waals surface area contributed by atoms with Crippen molar-refractivity contribution in [1.82, 2.24) is 0 Å². The van der Waals surface area contributed by atoms with E-state index in [4.69, 9.17) is 0 Å². The molecule has 0 aromatic rings. The second kappa shape index (κ2) is 2.75. The van der Waals surface area contributed by atoms with Crippen molar-refractivity contribution >= 4 is 0 Å². The van der Waals surface area contributed by atoms with Crippen molar-refractivity contribution in [2.45, 2.75) is 51.4 Å². The molecule has 68 valence electrons. The predicted molar refractivity (Wildman–Crippen MR) is 50.9 cm³/mol. The smallest absolute Gasteiger partial charge is 0.0355 e. The second-order valence-corrected chi connectivity index (χ2v) is 5.29. The van der Waals surface area contributed by atoms with Crippen LogP contribution < -0.4 is 0 Å². The van der Waals surface area contributed by atoms with Crippen LogP contribution in [0.15, 0.2) is 0 Å². The molecule has 3 aliphatic carbocycles. The van der Waals surface area contributed by atoms with Gasteiger partial charge in [-0.2, -0.15) is 0 Å². The summed E-state index contributed by atoms with van der Waals surface area (Å²) in [5, 5.41) is 0. The van der Waals surface area contributed by atoms with Crippen molar-refractivity contribution in [1.29, 1.82) is 0 Å². The zero-order valence-corrected chi connectivity index (χ0v) is 7.97. The summed E-state index contributed by atoms with van der Waals surface area (Å²) in [6.07, 6.45) is 12.6. The zero-order valence-electron chi connectivity index (χ0n) is 7.97. The number of hydrogen-bond acceptors (Lipinski definition) is 0. The van der Waals surface area contributed by atoms with Crippen LogP contribution in [0.1, 0.15) is 51.4 Å². The largest absolute Gasteiger partial charge is 0.0528 e. The molecule has 0 unspecified atom stereocenters. The summed E-state index contributed by atoms with van der Waals surface area (Å²) in [4.78, 5) is 0. The third-order valence-corrected chi connectivity index (χ3v) is 4.89. The third kappa shape index (κ3) is 0.963. The van der Waals surface area contributed by atoms with Crippen LogP contribution in [0, 0.1) is 23.7 Å². The van der Waals surface area contributed by atoms with Crippen LogP contribution in [0.25, 0.3) is 0 Å². The number of hydrogen-bond donors (Lipinski definition) is 0. The topological polar surface area (TPSA) is 0 Å². The van der Waals surface area contributed by atoms with Crippen molar-refractivity contribution in [3.63, 3.8) is 0 Å². The monoisotopic (exact) mass is 164 g/mol. The molecule has 3 aliphatic rings. The lowest BCUT2D eigenvalue weighted by molar-refractivity contribution is -0.00862. The van der Waals surface area contributed by atoms with E-state index >= 15 is 0 Å². The quantitative estimate of drug-likeness (QED) is 0.585. The zero-order chi connectivity index (χ0) is 7.97. The molecule has 0 radical (unpaired) electrons. The Bertz CT molecular complexity index is 145. The van der Waals surface area contributed by atoms with E-state index < -0.39 is 0 Å². The normalized spacial score (nSPS) is 43.0. The molecule has 3 saturated carbocycles. The fourth-order valence-electron chi connectivity index (χ4n) is 3.46. The minimum absolute atomic E-state index is 1.18. The Morgan fingerprint density at radius 2 is 0.917 bits per heavy atom. The maximum atomic E-state index is 1.59. The first-order chi connectivity index (χ1) is 5.95. The average Bonchev–Trinajstić information content (AvgIpc) is 1.84. The van der Waals surface area contributed by atoms with Gasteiger partial charge in [0.25, 0.3) is 0 Å². The van der Waals surface area contributed by atoms with E-state index in [0.717, 1.165) is 0 Å². The van der Waals surface area contributed by atoms with E-state index in [2.05, 4.69) is 0 Å². The molecule has 0 saturated heterocycles. The van der Waals surface area contributed by atoms with Crippen molar-refractivity contribution in [3.05, 3.63) is 0 Å². The van der Waals surface area contributed by atoms with Crippen molar-refractivity contribution in [2.24, 2.45) is 23.7 Å². The van der Waals surface area contributed by atoms with Gasteiger partial charge in [-0.25, -0.2) is 0 Å². The Hall–Kier alpha value is 0. The summed E-state index contributed by atoms with van der Waals surface area (Å²) in [5.74, 6) is 4.77. The van der Waals surface area contributed by atoms with Gasteiger partial charge in [0.2, 0.25) is 0 Å². The van der Waals surface area contributed by atoms with Crippen LogP contribution in [0.4, 0.5) is 0 Å². The van der Waals surface area contributed by atoms with Gasteiger partial charge in [0.15, 0.2) is 0 Å². The van der Waals surface area contributed by atoms with Gasteiger partial charge in [-0.3, -0.25) is 0 Å². The van der Waals surface area contributed by atoms with E-state index in [9.17, 15) is 0 Å². The molecule has 0 aliphatic heterocycles. The molecule has 0 amide bonds. The van der Waals surface area contributed by atoms with Crippen molar-refractivity contribution in [2.75, 3.05) is 0 Å². The summed E-state index contributed by atoms with van der Waals surface area (Å²) in [6.45, 7) is 0. The lowest BCUT2D eigenvalue weighted by atomic mass is 9.54. The maximum Gasteiger partial charge on any atom is -0.0355 e. The molecular formula is C12H20. The SMILES string of the molecule is C1CC([C@H]2CC[C@H]2C2CCC2)C1. The molecule has 0 bridgehead atoms. The minimum Gasteiger partial charge on any atom is -0.0528 e. The molecule has 0 N–H and O–H groups in total. The summed E-state index contributed by atoms with van der Waals surface area (Å²) >= 11 is 0. The van der Waals surface area contributed by atoms with Gasteiger partial charge in [-0.05, 0) is 36.5 Å². The highest BCUT2D eigenvalue weighted by Crippen LogP contribution is 2.54. The van der Waals surface area contributed by atoms with Crippen LogP contribution in [0.3, 0.4) is 0 Å². The summed E-state index contributed by atoms with van der Waals surface area (Å²) in [5.41, 5.74) is 0. The van der Waals surface area contributed by atoms with Crippen LogP contribution >= 0.6 is 0 Å². The standard InChI is InChI=1S/C12H20/c1-3-9(4-1)11-7-8-12(11)10-5-2-6-10/h9-12H,1-8H2/t11-,12+. The molecule has 0 aromatic carbocycles. The summed E-state index contributed by atoms with van der Waals surface area (Å²) in [6, 6.07) is 0. The molecule has 0 nitrogen and oxygen atoms in total. The minimum atomic E-state index is 1.18. The van der Waals surface area contributed by atoms with E-state index in [1.165, 1.54) is 23.7 Å². The molecule has 2 atom stereocenters. The second-order valence-electron chi connectivity index (χ2n) is 5.29. The fourth-order valence-corrected chi connectivity index (χ4v) is 3.46. The van der Waals surface area contributed by atoms with Crippen LogP contribution in [-0.2, 0) is 0 Å². The maximum absolute atomic E-state index is 1.59. The highest BCUT2D eigenvalue weighted by molar-refractivity contribution is 4.94. The average molecular weight is 164 g/mol. The highest BCUT2D eigenvalue weighted by Gasteiger charge is 2.44. The van der Waals surface area contributed by atoms with Gasteiger partial charge >= 0.3 is 0 Å². The van der Waals surface area contributed by atoms with Crippen LogP contribution in [0.5, 0.6) is 0 Å². The molecule has 0 heterocycles. The lowest BCUT2D eigenvalue weighted by Gasteiger charge is -2.51. The molecule has 3 rings (SSSR count).